The van der Waals surface area contributed by atoms with Crippen LogP contribution in [0.25, 0.3) is 17.4 Å². The van der Waals surface area contributed by atoms with Crippen molar-refractivity contribution in [3.8, 4) is 11.3 Å². The molecule has 0 atom stereocenters. The van der Waals surface area contributed by atoms with Gasteiger partial charge in [0.1, 0.15) is 11.6 Å². The highest BCUT2D eigenvalue weighted by atomic mass is 19.1. The number of ether oxygens (including phenoxy) is 1. The minimum atomic E-state index is -0.436. The fourth-order valence-corrected chi connectivity index (χ4v) is 2.52. The Morgan fingerprint density at radius 1 is 1.11 bits per heavy atom. The molecule has 142 valence electrons. The van der Waals surface area contributed by atoms with E-state index in [0.717, 1.165) is 5.56 Å². The van der Waals surface area contributed by atoms with Crippen molar-refractivity contribution in [3.63, 3.8) is 0 Å². The molecule has 1 heterocycles. The van der Waals surface area contributed by atoms with Gasteiger partial charge in [-0.05, 0) is 55.0 Å². The molecule has 0 aliphatic rings. The van der Waals surface area contributed by atoms with E-state index in [1.165, 1.54) is 24.3 Å². The van der Waals surface area contributed by atoms with Crippen LogP contribution in [-0.4, -0.2) is 18.5 Å². The van der Waals surface area contributed by atoms with Crippen LogP contribution in [0.1, 0.15) is 23.0 Å². The molecule has 28 heavy (non-hydrogen) atoms. The molecule has 0 saturated carbocycles. The number of amides is 1. The summed E-state index contributed by atoms with van der Waals surface area (Å²) >= 11 is 0. The Morgan fingerprint density at radius 3 is 2.71 bits per heavy atom. The van der Waals surface area contributed by atoms with E-state index in [4.69, 9.17) is 9.15 Å². The van der Waals surface area contributed by atoms with E-state index in [1.54, 1.807) is 55.5 Å². The number of anilines is 1. The van der Waals surface area contributed by atoms with Crippen molar-refractivity contribution in [2.45, 2.75) is 6.92 Å². The second-order valence-electron chi connectivity index (χ2n) is 5.84. The predicted octanol–water partition coefficient (Wildman–Crippen LogP) is 4.91. The minimum absolute atomic E-state index is 0.103. The molecule has 1 amide bonds. The highest BCUT2D eigenvalue weighted by Crippen LogP contribution is 2.23. The van der Waals surface area contributed by atoms with E-state index in [-0.39, 0.29) is 11.6 Å². The second-order valence-corrected chi connectivity index (χ2v) is 5.84. The third-order valence-corrected chi connectivity index (χ3v) is 3.78. The first kappa shape index (κ1) is 19.1. The van der Waals surface area contributed by atoms with Gasteiger partial charge >= 0.3 is 5.97 Å². The third-order valence-electron chi connectivity index (χ3n) is 3.78. The standard InChI is InChI=1S/C22H18FNO4/c1-2-27-21(25)12-9-15-5-3-8-18(13-15)24-22(26)20-11-10-19(28-20)16-6-4-7-17(23)14-16/h3-14H,2H2,1H3,(H,24,26). The van der Waals surface area contributed by atoms with Crippen LogP contribution < -0.4 is 5.32 Å². The summed E-state index contributed by atoms with van der Waals surface area (Å²) in [5.74, 6) is -0.748. The van der Waals surface area contributed by atoms with Crippen molar-refractivity contribution in [2.24, 2.45) is 0 Å². The Hall–Kier alpha value is -3.67. The largest absolute Gasteiger partial charge is 0.463 e. The van der Waals surface area contributed by atoms with Crippen LogP contribution in [0.4, 0.5) is 10.1 Å². The van der Waals surface area contributed by atoms with Crippen molar-refractivity contribution in [1.29, 1.82) is 0 Å². The lowest BCUT2D eigenvalue weighted by Gasteiger charge is -2.04. The molecule has 0 unspecified atom stereocenters. The zero-order valence-corrected chi connectivity index (χ0v) is 15.1. The van der Waals surface area contributed by atoms with Gasteiger partial charge in [0.15, 0.2) is 5.76 Å². The van der Waals surface area contributed by atoms with Crippen molar-refractivity contribution >= 4 is 23.6 Å². The zero-order valence-electron chi connectivity index (χ0n) is 15.1. The number of hydrogen-bond acceptors (Lipinski definition) is 4. The van der Waals surface area contributed by atoms with Crippen LogP contribution >= 0.6 is 0 Å². The summed E-state index contributed by atoms with van der Waals surface area (Å²) in [5.41, 5.74) is 1.82. The average Bonchev–Trinajstić information content (AvgIpc) is 3.17. The van der Waals surface area contributed by atoms with Gasteiger partial charge in [0.2, 0.25) is 0 Å². The molecule has 5 nitrogen and oxygen atoms in total. The highest BCUT2D eigenvalue weighted by molar-refractivity contribution is 6.02. The first-order valence-corrected chi connectivity index (χ1v) is 8.67. The highest BCUT2D eigenvalue weighted by Gasteiger charge is 2.13. The van der Waals surface area contributed by atoms with Crippen LogP contribution in [0.2, 0.25) is 0 Å². The number of esters is 1. The molecule has 0 spiro atoms. The van der Waals surface area contributed by atoms with E-state index < -0.39 is 11.9 Å². The van der Waals surface area contributed by atoms with Gasteiger partial charge < -0.3 is 14.5 Å². The number of hydrogen-bond donors (Lipinski definition) is 1. The predicted molar refractivity (Wildman–Crippen MR) is 104 cm³/mol. The van der Waals surface area contributed by atoms with Gasteiger partial charge in [-0.2, -0.15) is 0 Å². The summed E-state index contributed by atoms with van der Waals surface area (Å²) in [6, 6.07) is 16.1. The summed E-state index contributed by atoms with van der Waals surface area (Å²) in [6.45, 7) is 2.04. The molecule has 2 aromatic carbocycles. The van der Waals surface area contributed by atoms with Gasteiger partial charge in [0.25, 0.3) is 5.91 Å². The maximum Gasteiger partial charge on any atom is 0.330 e. The van der Waals surface area contributed by atoms with Gasteiger partial charge in [0, 0.05) is 17.3 Å². The molecule has 6 heteroatoms. The molecular formula is C22H18FNO4. The topological polar surface area (TPSA) is 68.5 Å². The summed E-state index contributed by atoms with van der Waals surface area (Å²) in [4.78, 5) is 23.8. The number of furan rings is 1. The third kappa shape index (κ3) is 4.94. The van der Waals surface area contributed by atoms with Crippen LogP contribution in [-0.2, 0) is 9.53 Å². The van der Waals surface area contributed by atoms with Gasteiger partial charge in [-0.25, -0.2) is 9.18 Å². The smallest absolute Gasteiger partial charge is 0.330 e. The van der Waals surface area contributed by atoms with Gasteiger partial charge in [0.05, 0.1) is 6.61 Å². The lowest BCUT2D eigenvalue weighted by Crippen LogP contribution is -2.10. The molecule has 0 radical (unpaired) electrons. The molecule has 0 saturated heterocycles. The number of carbonyl (C=O) groups is 2. The Labute approximate surface area is 161 Å². The lowest BCUT2D eigenvalue weighted by atomic mass is 10.2. The molecule has 3 rings (SSSR count). The Kier molecular flexibility index (Phi) is 6.01. The summed E-state index contributed by atoms with van der Waals surface area (Å²) in [5, 5.41) is 2.73. The fraction of sp³-hybridized carbons (Fsp3) is 0.0909. The van der Waals surface area contributed by atoms with Crippen LogP contribution in [0.5, 0.6) is 0 Å². The average molecular weight is 379 g/mol. The van der Waals surface area contributed by atoms with E-state index in [2.05, 4.69) is 5.32 Å². The summed E-state index contributed by atoms with van der Waals surface area (Å²) in [6.07, 6.45) is 2.92. The van der Waals surface area contributed by atoms with Crippen molar-refractivity contribution < 1.29 is 23.1 Å². The number of halogens is 1. The van der Waals surface area contributed by atoms with E-state index in [0.29, 0.717) is 23.6 Å². The summed E-state index contributed by atoms with van der Waals surface area (Å²) in [7, 11) is 0. The first-order valence-electron chi connectivity index (χ1n) is 8.67. The van der Waals surface area contributed by atoms with Crippen LogP contribution in [0, 0.1) is 5.82 Å². The van der Waals surface area contributed by atoms with Gasteiger partial charge in [-0.3, -0.25) is 4.79 Å². The number of rotatable bonds is 6. The monoisotopic (exact) mass is 379 g/mol. The van der Waals surface area contributed by atoms with E-state index in [1.807, 2.05) is 0 Å². The molecule has 0 aliphatic carbocycles. The van der Waals surface area contributed by atoms with Gasteiger partial charge in [-0.15, -0.1) is 0 Å². The molecule has 3 aromatic rings. The molecule has 0 bridgehead atoms. The Bertz CT molecular complexity index is 1020. The Morgan fingerprint density at radius 2 is 1.93 bits per heavy atom. The number of nitrogens with one attached hydrogen (secondary N) is 1. The maximum atomic E-state index is 13.3. The summed E-state index contributed by atoms with van der Waals surface area (Å²) < 4.78 is 23.7. The first-order chi connectivity index (χ1) is 13.5. The quantitative estimate of drug-likeness (QED) is 0.488. The maximum absolute atomic E-state index is 13.3. The van der Waals surface area contributed by atoms with Crippen molar-refractivity contribution in [3.05, 3.63) is 83.9 Å². The molecule has 0 fully saturated rings. The van der Waals surface area contributed by atoms with Crippen molar-refractivity contribution in [2.75, 3.05) is 11.9 Å². The zero-order chi connectivity index (χ0) is 19.9. The Balaban J connectivity index is 1.70. The van der Waals surface area contributed by atoms with E-state index >= 15 is 0 Å². The lowest BCUT2D eigenvalue weighted by molar-refractivity contribution is -0.137. The van der Waals surface area contributed by atoms with E-state index in [9.17, 15) is 14.0 Å². The molecular weight excluding hydrogens is 361 g/mol. The SMILES string of the molecule is CCOC(=O)C=Cc1cccc(NC(=O)c2ccc(-c3cccc(F)c3)o2)c1. The molecule has 1 aromatic heterocycles. The van der Waals surface area contributed by atoms with Crippen LogP contribution in [0.3, 0.4) is 0 Å². The van der Waals surface area contributed by atoms with Gasteiger partial charge in [-0.1, -0.05) is 24.3 Å². The van der Waals surface area contributed by atoms with Crippen LogP contribution in [0.15, 0.2) is 71.2 Å². The molecule has 0 aliphatic heterocycles. The normalized spacial score (nSPS) is 10.8. The minimum Gasteiger partial charge on any atom is -0.463 e. The number of carbonyl (C=O) groups excluding carboxylic acids is 2. The fourth-order valence-electron chi connectivity index (χ4n) is 2.52. The molecule has 1 N–H and O–H groups in total. The van der Waals surface area contributed by atoms with Crippen molar-refractivity contribution in [1.82, 2.24) is 0 Å². The second kappa shape index (κ2) is 8.81. The number of benzene rings is 2.